The summed E-state index contributed by atoms with van der Waals surface area (Å²) in [4.78, 5) is 73.2. The number of hydrogen-bond donors (Lipinski definition) is 3. The lowest BCUT2D eigenvalue weighted by atomic mass is 9.99. The highest BCUT2D eigenvalue weighted by molar-refractivity contribution is 7.47. The van der Waals surface area contributed by atoms with Gasteiger partial charge in [0, 0.05) is 25.7 Å². The van der Waals surface area contributed by atoms with Gasteiger partial charge in [-0.2, -0.15) is 0 Å². The van der Waals surface area contributed by atoms with Crippen molar-refractivity contribution < 1.29 is 80.2 Å². The number of ether oxygens (including phenoxy) is 4. The van der Waals surface area contributed by atoms with Gasteiger partial charge in [0.2, 0.25) is 0 Å². The number of phosphoric acid groups is 2. The van der Waals surface area contributed by atoms with Crippen LogP contribution in [0.3, 0.4) is 0 Å². The van der Waals surface area contributed by atoms with E-state index in [4.69, 9.17) is 37.0 Å². The summed E-state index contributed by atoms with van der Waals surface area (Å²) in [6.07, 6.45) is 66.6. The van der Waals surface area contributed by atoms with Gasteiger partial charge in [-0.15, -0.1) is 0 Å². The predicted molar refractivity (Wildman–Crippen MR) is 432 cm³/mol. The fourth-order valence-electron chi connectivity index (χ4n) is 13.3. The van der Waals surface area contributed by atoms with Gasteiger partial charge < -0.3 is 33.8 Å². The number of aliphatic hydroxyl groups is 1. The first-order valence-corrected chi connectivity index (χ1v) is 47.4. The Labute approximate surface area is 645 Å². The summed E-state index contributed by atoms with van der Waals surface area (Å²) in [7, 11) is -9.93. The van der Waals surface area contributed by atoms with Crippen LogP contribution in [0.15, 0.2) is 0 Å². The van der Waals surface area contributed by atoms with Gasteiger partial charge in [-0.25, -0.2) is 9.13 Å². The van der Waals surface area contributed by atoms with Crippen molar-refractivity contribution in [3.8, 4) is 0 Å². The fourth-order valence-corrected chi connectivity index (χ4v) is 14.9. The Kier molecular flexibility index (Phi) is 74.7. The first-order chi connectivity index (χ1) is 50.8. The molecule has 0 rings (SSSR count). The summed E-state index contributed by atoms with van der Waals surface area (Å²) in [5, 5.41) is 10.7. The summed E-state index contributed by atoms with van der Waals surface area (Å²) in [5.74, 6) is 0.315. The van der Waals surface area contributed by atoms with E-state index in [1.54, 1.807) is 0 Å². The van der Waals surface area contributed by atoms with Crippen LogP contribution in [-0.2, 0) is 65.4 Å². The Morgan fingerprint density at radius 2 is 0.486 bits per heavy atom. The first-order valence-electron chi connectivity index (χ1n) is 44.4. The molecule has 0 amide bonds. The zero-order chi connectivity index (χ0) is 77.2. The maximum Gasteiger partial charge on any atom is 0.472 e. The van der Waals surface area contributed by atoms with E-state index in [-0.39, 0.29) is 25.7 Å². The van der Waals surface area contributed by atoms with E-state index in [0.29, 0.717) is 25.7 Å². The highest BCUT2D eigenvalue weighted by Crippen LogP contribution is 2.45. The summed E-state index contributed by atoms with van der Waals surface area (Å²) >= 11 is 0. The lowest BCUT2D eigenvalue weighted by molar-refractivity contribution is -0.161. The summed E-state index contributed by atoms with van der Waals surface area (Å²) in [6.45, 7) is 12.0. The molecule has 624 valence electrons. The highest BCUT2D eigenvalue weighted by Gasteiger charge is 2.30. The molecule has 0 aromatic heterocycles. The molecule has 0 saturated carbocycles. The van der Waals surface area contributed by atoms with E-state index in [2.05, 4.69) is 48.5 Å². The number of aliphatic hydroxyl groups excluding tert-OH is 1. The number of rotatable bonds is 84. The van der Waals surface area contributed by atoms with Crippen LogP contribution in [0.25, 0.3) is 0 Å². The fraction of sp³-hybridized carbons (Fsp3) is 0.953. The van der Waals surface area contributed by atoms with Crippen molar-refractivity contribution in [2.75, 3.05) is 39.6 Å². The van der Waals surface area contributed by atoms with Gasteiger partial charge in [-0.3, -0.25) is 37.3 Å². The second-order valence-corrected chi connectivity index (χ2v) is 35.0. The Balaban J connectivity index is 5.22. The van der Waals surface area contributed by atoms with Gasteiger partial charge in [0.05, 0.1) is 26.4 Å². The van der Waals surface area contributed by atoms with Crippen molar-refractivity contribution in [3.63, 3.8) is 0 Å². The molecule has 0 aliphatic rings. The number of unbranched alkanes of at least 4 members (excludes halogenated alkanes) is 51. The molecule has 3 N–H and O–H groups in total. The molecule has 0 spiro atoms. The van der Waals surface area contributed by atoms with Crippen LogP contribution in [0.5, 0.6) is 0 Å². The minimum atomic E-state index is -4.97. The maximum atomic E-state index is 13.1. The number of hydrogen-bond acceptors (Lipinski definition) is 15. The second-order valence-electron chi connectivity index (χ2n) is 32.1. The SMILES string of the molecule is CCCCCCCCCCCCCCC(=O)OC[C@H](COP(=O)(O)OC[C@H](O)COP(=O)(O)OC[C@@H](COC(=O)CCCCCCCCCCCCCCCCCCC(C)C)OC(=O)CCCCCCCCCCCCCCCCCCCCC(C)CC)OC(=O)CCCCCCCCCCCC(C)C. The van der Waals surface area contributed by atoms with Crippen molar-refractivity contribution in [1.29, 1.82) is 0 Å². The van der Waals surface area contributed by atoms with Crippen molar-refractivity contribution in [3.05, 3.63) is 0 Å². The molecular formula is C86H168O17P2. The van der Waals surface area contributed by atoms with E-state index in [9.17, 15) is 43.2 Å². The largest absolute Gasteiger partial charge is 0.472 e. The van der Waals surface area contributed by atoms with E-state index < -0.39 is 97.5 Å². The molecule has 105 heavy (non-hydrogen) atoms. The number of esters is 4. The average molecular weight is 1540 g/mol. The second kappa shape index (κ2) is 76.1. The third-order valence-electron chi connectivity index (χ3n) is 20.5. The van der Waals surface area contributed by atoms with Crippen LogP contribution in [0.4, 0.5) is 0 Å². The van der Waals surface area contributed by atoms with E-state index >= 15 is 0 Å². The molecule has 0 fully saturated rings. The zero-order valence-electron chi connectivity index (χ0n) is 69.2. The molecule has 0 saturated heterocycles. The van der Waals surface area contributed by atoms with Gasteiger partial charge >= 0.3 is 39.5 Å². The molecular weight excluding hydrogens is 1370 g/mol. The Morgan fingerprint density at radius 3 is 0.724 bits per heavy atom. The Hall–Kier alpha value is -1.94. The molecule has 6 atom stereocenters. The summed E-state index contributed by atoms with van der Waals surface area (Å²) < 4.78 is 68.9. The molecule has 0 aliphatic carbocycles. The van der Waals surface area contributed by atoms with Crippen molar-refractivity contribution >= 4 is 39.5 Å². The topological polar surface area (TPSA) is 237 Å². The van der Waals surface area contributed by atoms with Crippen molar-refractivity contribution in [2.45, 2.75) is 471 Å². The van der Waals surface area contributed by atoms with Crippen LogP contribution < -0.4 is 0 Å². The minimum Gasteiger partial charge on any atom is -0.462 e. The quantitative estimate of drug-likeness (QED) is 0.0222. The number of carbonyl (C=O) groups is 4. The molecule has 3 unspecified atom stereocenters. The van der Waals surface area contributed by atoms with E-state index in [1.165, 1.54) is 263 Å². The molecule has 0 aromatic rings. The van der Waals surface area contributed by atoms with Crippen LogP contribution >= 0.6 is 15.6 Å². The molecule has 19 heteroatoms. The minimum absolute atomic E-state index is 0.106. The molecule has 0 aromatic carbocycles. The van der Waals surface area contributed by atoms with Crippen LogP contribution in [0, 0.1) is 17.8 Å². The van der Waals surface area contributed by atoms with Gasteiger partial charge in [0.15, 0.2) is 12.2 Å². The zero-order valence-corrected chi connectivity index (χ0v) is 71.0. The standard InChI is InChI=1S/C86H168O17P2/c1-8-10-11-12-13-14-15-32-39-46-53-60-67-83(88)96-74-82(103-86(91)70-63-56-49-42-35-37-44-51-58-65-78(5)6)76-101-105(94,95)99-72-80(87)71-98-104(92,93)100-75-81(73-97-84(89)68-61-54-47-40-33-28-24-21-20-22-26-30-36-43-50-57-64-77(3)4)102-85(90)69-62-55-48-41-34-29-25-19-17-16-18-23-27-31-38-45-52-59-66-79(7)9-2/h77-82,87H,8-76H2,1-7H3,(H,92,93)(H,94,95)/t79?,80-,81-,82-/m1/s1. The van der Waals surface area contributed by atoms with Gasteiger partial charge in [-0.1, -0.05) is 402 Å². The molecule has 17 nitrogen and oxygen atoms in total. The van der Waals surface area contributed by atoms with Crippen LogP contribution in [0.2, 0.25) is 0 Å². The normalized spacial score (nSPS) is 14.1. The third-order valence-corrected chi connectivity index (χ3v) is 22.4. The third kappa shape index (κ3) is 78.5. The van der Waals surface area contributed by atoms with E-state index in [1.807, 2.05) is 0 Å². The number of phosphoric ester groups is 2. The molecule has 0 radical (unpaired) electrons. The Morgan fingerprint density at radius 1 is 0.276 bits per heavy atom. The van der Waals surface area contributed by atoms with Gasteiger partial charge in [-0.05, 0) is 43.4 Å². The van der Waals surface area contributed by atoms with Gasteiger partial charge in [0.1, 0.15) is 19.3 Å². The lowest BCUT2D eigenvalue weighted by Gasteiger charge is -2.21. The van der Waals surface area contributed by atoms with Crippen LogP contribution in [-0.4, -0.2) is 96.7 Å². The number of carbonyl (C=O) groups excluding carboxylic acids is 4. The smallest absolute Gasteiger partial charge is 0.462 e. The van der Waals surface area contributed by atoms with Crippen molar-refractivity contribution in [1.82, 2.24) is 0 Å². The molecule has 0 aliphatic heterocycles. The predicted octanol–water partition coefficient (Wildman–Crippen LogP) is 26.1. The molecule has 0 heterocycles. The lowest BCUT2D eigenvalue weighted by Crippen LogP contribution is -2.30. The monoisotopic (exact) mass is 1540 g/mol. The molecule has 0 bridgehead atoms. The summed E-state index contributed by atoms with van der Waals surface area (Å²) in [5.41, 5.74) is 0. The summed E-state index contributed by atoms with van der Waals surface area (Å²) in [6, 6.07) is 0. The maximum absolute atomic E-state index is 13.1. The van der Waals surface area contributed by atoms with Crippen molar-refractivity contribution in [2.24, 2.45) is 17.8 Å². The van der Waals surface area contributed by atoms with Crippen LogP contribution in [0.1, 0.15) is 453 Å². The first kappa shape index (κ1) is 103. The van der Waals surface area contributed by atoms with E-state index in [0.717, 1.165) is 108 Å². The Bertz CT molecular complexity index is 2030. The average Bonchev–Trinajstić information content (AvgIpc) is 0.909. The highest BCUT2D eigenvalue weighted by atomic mass is 31.2. The van der Waals surface area contributed by atoms with Gasteiger partial charge in [0.25, 0.3) is 0 Å².